The average Bonchev–Trinajstić information content (AvgIpc) is 3.40. The van der Waals surface area contributed by atoms with Crippen LogP contribution in [0, 0.1) is 13.8 Å². The highest BCUT2D eigenvalue weighted by molar-refractivity contribution is 8.18. The van der Waals surface area contributed by atoms with E-state index in [0.717, 1.165) is 52.1 Å². The van der Waals surface area contributed by atoms with Crippen LogP contribution in [0.15, 0.2) is 29.2 Å². The quantitative estimate of drug-likeness (QED) is 0.577. The summed E-state index contributed by atoms with van der Waals surface area (Å²) in [6.07, 6.45) is 3.62. The highest BCUT2D eigenvalue weighted by Gasteiger charge is 2.37. The van der Waals surface area contributed by atoms with Crippen LogP contribution in [0.4, 0.5) is 4.79 Å². The van der Waals surface area contributed by atoms with Crippen molar-refractivity contribution >= 4 is 58.1 Å². The predicted molar refractivity (Wildman–Crippen MR) is 124 cm³/mol. The van der Waals surface area contributed by atoms with Gasteiger partial charge in [-0.25, -0.2) is 0 Å². The Morgan fingerprint density at radius 2 is 1.84 bits per heavy atom. The highest BCUT2D eigenvalue weighted by atomic mass is 35.5. The Morgan fingerprint density at radius 3 is 2.52 bits per heavy atom. The van der Waals surface area contributed by atoms with Crippen molar-refractivity contribution in [3.8, 4) is 5.69 Å². The van der Waals surface area contributed by atoms with Crippen LogP contribution < -0.4 is 0 Å². The number of amides is 3. The maximum Gasteiger partial charge on any atom is 0.294 e. The first-order valence-electron chi connectivity index (χ1n) is 9.94. The van der Waals surface area contributed by atoms with Crippen LogP contribution in [0.3, 0.4) is 0 Å². The Bertz CT molecular complexity index is 1120. The summed E-state index contributed by atoms with van der Waals surface area (Å²) in [4.78, 5) is 40.7. The van der Waals surface area contributed by atoms with Crippen molar-refractivity contribution in [1.82, 2.24) is 14.4 Å². The molecule has 2 saturated heterocycles. The van der Waals surface area contributed by atoms with E-state index in [1.54, 1.807) is 23.1 Å². The third kappa shape index (κ3) is 4.27. The Morgan fingerprint density at radius 1 is 1.13 bits per heavy atom. The third-order valence-electron chi connectivity index (χ3n) is 5.53. The largest absolute Gasteiger partial charge is 0.341 e. The smallest absolute Gasteiger partial charge is 0.294 e. The number of aromatic nitrogens is 1. The van der Waals surface area contributed by atoms with E-state index < -0.39 is 11.1 Å². The van der Waals surface area contributed by atoms with Crippen molar-refractivity contribution in [3.63, 3.8) is 0 Å². The summed E-state index contributed by atoms with van der Waals surface area (Å²) in [5, 5.41) is 0.647. The number of halogens is 2. The van der Waals surface area contributed by atoms with Crippen LogP contribution in [-0.4, -0.2) is 51.1 Å². The van der Waals surface area contributed by atoms with Gasteiger partial charge in [-0.15, -0.1) is 0 Å². The number of aryl methyl sites for hydroxylation is 1. The van der Waals surface area contributed by atoms with Gasteiger partial charge in [-0.05, 0) is 74.4 Å². The number of hydrogen-bond donors (Lipinski definition) is 0. The summed E-state index contributed by atoms with van der Waals surface area (Å²) >= 11 is 13.3. The summed E-state index contributed by atoms with van der Waals surface area (Å²) in [5.41, 5.74) is 3.39. The van der Waals surface area contributed by atoms with E-state index >= 15 is 0 Å². The third-order valence-corrected chi connectivity index (χ3v) is 6.98. The molecule has 162 valence electrons. The van der Waals surface area contributed by atoms with E-state index in [2.05, 4.69) is 0 Å². The Labute approximate surface area is 194 Å². The second kappa shape index (κ2) is 8.73. The molecule has 2 fully saturated rings. The minimum atomic E-state index is -0.433. The molecular weight excluding hydrogens is 457 g/mol. The molecule has 0 N–H and O–H groups in total. The normalized spacial score (nSPS) is 18.0. The minimum Gasteiger partial charge on any atom is -0.341 e. The molecule has 1 aromatic carbocycles. The minimum absolute atomic E-state index is 0.184. The zero-order valence-electron chi connectivity index (χ0n) is 17.2. The van der Waals surface area contributed by atoms with Crippen LogP contribution in [0.1, 0.15) is 29.8 Å². The Kier molecular flexibility index (Phi) is 6.19. The van der Waals surface area contributed by atoms with Gasteiger partial charge in [0.1, 0.15) is 6.54 Å². The summed E-state index contributed by atoms with van der Waals surface area (Å²) in [7, 11) is 0. The molecule has 0 spiro atoms. The van der Waals surface area contributed by atoms with Crippen molar-refractivity contribution in [2.24, 2.45) is 0 Å². The molecule has 0 unspecified atom stereocenters. The molecule has 0 saturated carbocycles. The highest BCUT2D eigenvalue weighted by Crippen LogP contribution is 2.35. The van der Waals surface area contributed by atoms with E-state index in [-0.39, 0.29) is 12.5 Å². The first-order valence-corrected chi connectivity index (χ1v) is 11.5. The van der Waals surface area contributed by atoms with Crippen molar-refractivity contribution < 1.29 is 14.4 Å². The summed E-state index contributed by atoms with van der Waals surface area (Å²) in [6, 6.07) is 7.22. The van der Waals surface area contributed by atoms with Gasteiger partial charge in [-0.3, -0.25) is 19.3 Å². The number of likely N-dealkylation sites (tertiary alicyclic amines) is 1. The maximum atomic E-state index is 12.8. The number of carbonyl (C=O) groups excluding carboxylic acids is 3. The van der Waals surface area contributed by atoms with Gasteiger partial charge in [0.05, 0.1) is 15.6 Å². The zero-order chi connectivity index (χ0) is 22.3. The number of benzene rings is 1. The molecule has 2 aliphatic heterocycles. The van der Waals surface area contributed by atoms with Gasteiger partial charge in [0.2, 0.25) is 5.91 Å². The van der Waals surface area contributed by atoms with Gasteiger partial charge < -0.3 is 9.47 Å². The predicted octanol–water partition coefficient (Wildman–Crippen LogP) is 5.06. The standard InChI is InChI=1S/C22H21Cl2N3O3S/c1-13-9-15(14(2)27(13)18-6-5-16(23)11-17(18)24)10-19-21(29)26(22(30)31-19)12-20(28)25-7-3-4-8-25/h5-6,9-11H,3-4,7-8,12H2,1-2H3/b19-10+. The molecule has 1 aromatic heterocycles. The topological polar surface area (TPSA) is 62.6 Å². The van der Waals surface area contributed by atoms with Gasteiger partial charge in [-0.2, -0.15) is 0 Å². The van der Waals surface area contributed by atoms with Crippen molar-refractivity contribution in [3.05, 3.63) is 56.2 Å². The lowest BCUT2D eigenvalue weighted by molar-refractivity contribution is -0.135. The molecule has 0 radical (unpaired) electrons. The van der Waals surface area contributed by atoms with Crippen LogP contribution in [0.2, 0.25) is 10.0 Å². The lowest BCUT2D eigenvalue weighted by Gasteiger charge is -2.18. The molecule has 0 atom stereocenters. The van der Waals surface area contributed by atoms with E-state index in [1.165, 1.54) is 0 Å². The fourth-order valence-electron chi connectivity index (χ4n) is 3.95. The molecule has 9 heteroatoms. The molecule has 4 rings (SSSR count). The van der Waals surface area contributed by atoms with Crippen LogP contribution in [0.25, 0.3) is 11.8 Å². The summed E-state index contributed by atoms with van der Waals surface area (Å²) in [6.45, 7) is 5.02. The first kappa shape index (κ1) is 22.0. The van der Waals surface area contributed by atoms with E-state index in [9.17, 15) is 14.4 Å². The number of imide groups is 1. The lowest BCUT2D eigenvalue weighted by atomic mass is 10.2. The van der Waals surface area contributed by atoms with Gasteiger partial charge in [0, 0.05) is 29.5 Å². The van der Waals surface area contributed by atoms with Crippen molar-refractivity contribution in [2.75, 3.05) is 19.6 Å². The maximum absolute atomic E-state index is 12.8. The van der Waals surface area contributed by atoms with E-state index in [4.69, 9.17) is 23.2 Å². The van der Waals surface area contributed by atoms with E-state index in [1.807, 2.05) is 30.5 Å². The molecule has 3 amide bonds. The average molecular weight is 478 g/mol. The zero-order valence-corrected chi connectivity index (χ0v) is 19.5. The number of hydrogen-bond acceptors (Lipinski definition) is 4. The Balaban J connectivity index is 1.60. The van der Waals surface area contributed by atoms with Crippen molar-refractivity contribution in [1.29, 1.82) is 0 Å². The molecular formula is C22H21Cl2N3O3S. The molecule has 31 heavy (non-hydrogen) atoms. The van der Waals surface area contributed by atoms with Gasteiger partial charge in [-0.1, -0.05) is 23.2 Å². The SMILES string of the molecule is Cc1cc(/C=C2/SC(=O)N(CC(=O)N3CCCC3)C2=O)c(C)n1-c1ccc(Cl)cc1Cl. The van der Waals surface area contributed by atoms with Crippen molar-refractivity contribution in [2.45, 2.75) is 26.7 Å². The lowest BCUT2D eigenvalue weighted by Crippen LogP contribution is -2.40. The Hall–Kier alpha value is -2.22. The molecule has 2 aliphatic rings. The van der Waals surface area contributed by atoms with Crippen LogP contribution in [-0.2, 0) is 9.59 Å². The number of rotatable bonds is 4. The summed E-state index contributed by atoms with van der Waals surface area (Å²) < 4.78 is 1.98. The van der Waals surface area contributed by atoms with E-state index in [0.29, 0.717) is 28.0 Å². The monoisotopic (exact) mass is 477 g/mol. The molecule has 6 nitrogen and oxygen atoms in total. The second-order valence-corrected chi connectivity index (χ2v) is 9.45. The molecule has 3 heterocycles. The number of carbonyl (C=O) groups is 3. The van der Waals surface area contributed by atoms with Crippen LogP contribution >= 0.6 is 35.0 Å². The molecule has 0 bridgehead atoms. The van der Waals surface area contributed by atoms with Crippen LogP contribution in [0.5, 0.6) is 0 Å². The fourth-order valence-corrected chi connectivity index (χ4v) is 5.27. The second-order valence-electron chi connectivity index (χ2n) is 7.61. The molecule has 0 aliphatic carbocycles. The number of nitrogens with zero attached hydrogens (tertiary/aromatic N) is 3. The van der Waals surface area contributed by atoms with Gasteiger partial charge in [0.25, 0.3) is 11.1 Å². The molecule has 2 aromatic rings. The van der Waals surface area contributed by atoms with Gasteiger partial charge >= 0.3 is 0 Å². The summed E-state index contributed by atoms with van der Waals surface area (Å²) in [5.74, 6) is -0.617. The fraction of sp³-hybridized carbons (Fsp3) is 0.318. The first-order chi connectivity index (χ1) is 14.8. The number of thioether (sulfide) groups is 1. The van der Waals surface area contributed by atoms with Gasteiger partial charge in [0.15, 0.2) is 0 Å².